The normalized spacial score (nSPS) is 10.8. The average molecular weight is 427 g/mol. The number of hydrogen-bond donors (Lipinski definition) is 0. The molecule has 0 aliphatic heterocycles. The molecule has 3 nitrogen and oxygen atoms in total. The van der Waals surface area contributed by atoms with Crippen LogP contribution < -0.4 is 4.74 Å². The third-order valence-electron chi connectivity index (χ3n) is 5.27. The van der Waals surface area contributed by atoms with Crippen molar-refractivity contribution in [1.82, 2.24) is 9.55 Å². The molecule has 0 radical (unpaired) electrons. The first-order valence-corrected chi connectivity index (χ1v) is 9.78. The molecule has 0 bridgehead atoms. The van der Waals surface area contributed by atoms with Crippen LogP contribution in [0.5, 0.6) is 5.75 Å². The Balaban J connectivity index is 0.00000240. The molecule has 0 spiro atoms. The van der Waals surface area contributed by atoms with Crippen molar-refractivity contribution in [2.45, 2.75) is 33.9 Å². The number of rotatable bonds is 5. The van der Waals surface area contributed by atoms with Crippen molar-refractivity contribution >= 4 is 34.9 Å². The summed E-state index contributed by atoms with van der Waals surface area (Å²) in [5, 5.41) is 1.98. The first-order valence-electron chi connectivity index (χ1n) is 9.40. The number of nitrogens with zero attached hydrogens (tertiary/aromatic N) is 2. The Morgan fingerprint density at radius 2 is 1.62 bits per heavy atom. The largest absolute Gasteiger partial charge is 0.487 e. The number of aromatic nitrogens is 2. The lowest BCUT2D eigenvalue weighted by molar-refractivity contribution is 0.302. The Morgan fingerprint density at radius 1 is 0.931 bits per heavy atom. The van der Waals surface area contributed by atoms with Gasteiger partial charge in [0.1, 0.15) is 18.1 Å². The molecule has 4 aromatic rings. The first kappa shape index (κ1) is 21.2. The molecule has 2 aromatic heterocycles. The monoisotopic (exact) mass is 426 g/mol. The van der Waals surface area contributed by atoms with Crippen molar-refractivity contribution in [3.05, 3.63) is 93.9 Å². The van der Waals surface area contributed by atoms with Crippen LogP contribution in [0, 0.1) is 20.8 Å². The molecule has 5 heteroatoms. The molecule has 0 unspecified atom stereocenters. The van der Waals surface area contributed by atoms with E-state index >= 15 is 0 Å². The zero-order valence-corrected chi connectivity index (χ0v) is 18.3. The zero-order chi connectivity index (χ0) is 19.7. The highest BCUT2D eigenvalue weighted by Crippen LogP contribution is 2.29. The molecule has 29 heavy (non-hydrogen) atoms. The van der Waals surface area contributed by atoms with Gasteiger partial charge in [-0.1, -0.05) is 41.4 Å². The second-order valence-electron chi connectivity index (χ2n) is 7.18. The SMILES string of the molecule is Cc1ccc(OCc2nccc3c(C)c(C)n(Cc4ccc(Cl)cc4)c23)cc1.Cl. The van der Waals surface area contributed by atoms with Crippen LogP contribution in [0.2, 0.25) is 5.02 Å². The maximum absolute atomic E-state index is 6.05. The van der Waals surface area contributed by atoms with Gasteiger partial charge < -0.3 is 9.30 Å². The van der Waals surface area contributed by atoms with E-state index in [0.717, 1.165) is 28.5 Å². The Bertz CT molecular complexity index is 1120. The number of benzene rings is 2. The zero-order valence-electron chi connectivity index (χ0n) is 16.8. The molecular weight excluding hydrogens is 403 g/mol. The molecule has 0 saturated heterocycles. The number of ether oxygens (including phenoxy) is 1. The summed E-state index contributed by atoms with van der Waals surface area (Å²) in [7, 11) is 0. The molecule has 0 N–H and O–H groups in total. The van der Waals surface area contributed by atoms with Crippen molar-refractivity contribution in [2.75, 3.05) is 0 Å². The Kier molecular flexibility index (Phi) is 6.51. The lowest BCUT2D eigenvalue weighted by Crippen LogP contribution is -2.06. The fourth-order valence-corrected chi connectivity index (χ4v) is 3.65. The molecule has 0 fully saturated rings. The van der Waals surface area contributed by atoms with Gasteiger partial charge in [0.05, 0.1) is 5.52 Å². The minimum Gasteiger partial charge on any atom is -0.487 e. The Hall–Kier alpha value is -2.49. The van der Waals surface area contributed by atoms with E-state index in [-0.39, 0.29) is 12.4 Å². The van der Waals surface area contributed by atoms with Gasteiger partial charge in [-0.05, 0) is 62.2 Å². The summed E-state index contributed by atoms with van der Waals surface area (Å²) in [4.78, 5) is 4.64. The number of pyridine rings is 1. The molecule has 0 amide bonds. The highest BCUT2D eigenvalue weighted by molar-refractivity contribution is 6.30. The van der Waals surface area contributed by atoms with Gasteiger partial charge in [0, 0.05) is 28.8 Å². The van der Waals surface area contributed by atoms with Gasteiger partial charge in [-0.25, -0.2) is 0 Å². The topological polar surface area (TPSA) is 27.1 Å². The standard InChI is InChI=1S/C24H23ClN2O.ClH/c1-16-4-10-21(11-5-16)28-15-23-24-22(12-13-26-23)17(2)18(3)27(24)14-19-6-8-20(25)9-7-19;/h4-13H,14-15H2,1-3H3;1H. The minimum atomic E-state index is 0. The molecule has 150 valence electrons. The summed E-state index contributed by atoms with van der Waals surface area (Å²) < 4.78 is 8.36. The maximum atomic E-state index is 6.05. The number of fused-ring (bicyclic) bond motifs is 1. The van der Waals surface area contributed by atoms with E-state index in [0.29, 0.717) is 6.61 Å². The molecule has 4 rings (SSSR count). The van der Waals surface area contributed by atoms with Crippen LogP contribution in [0.4, 0.5) is 0 Å². The molecule has 0 aliphatic carbocycles. The van der Waals surface area contributed by atoms with Crippen LogP contribution in [0.25, 0.3) is 10.9 Å². The second-order valence-corrected chi connectivity index (χ2v) is 7.61. The maximum Gasteiger partial charge on any atom is 0.132 e. The van der Waals surface area contributed by atoms with Crippen LogP contribution in [-0.2, 0) is 13.2 Å². The lowest BCUT2D eigenvalue weighted by atomic mass is 10.1. The van der Waals surface area contributed by atoms with Crippen molar-refractivity contribution in [2.24, 2.45) is 0 Å². The molecule has 0 atom stereocenters. The van der Waals surface area contributed by atoms with E-state index in [2.05, 4.69) is 60.7 Å². The third kappa shape index (κ3) is 4.42. The summed E-state index contributed by atoms with van der Waals surface area (Å²) in [5.41, 5.74) is 7.04. The van der Waals surface area contributed by atoms with E-state index in [1.54, 1.807) is 0 Å². The lowest BCUT2D eigenvalue weighted by Gasteiger charge is -2.12. The number of halogens is 2. The van der Waals surface area contributed by atoms with Crippen molar-refractivity contribution in [3.63, 3.8) is 0 Å². The summed E-state index contributed by atoms with van der Waals surface area (Å²) in [5.74, 6) is 0.855. The molecular formula is C24H24Cl2N2O. The highest BCUT2D eigenvalue weighted by Gasteiger charge is 2.16. The van der Waals surface area contributed by atoms with Crippen LogP contribution >= 0.6 is 24.0 Å². The molecule has 2 heterocycles. The van der Waals surface area contributed by atoms with Crippen molar-refractivity contribution in [3.8, 4) is 5.75 Å². The van der Waals surface area contributed by atoms with Gasteiger partial charge in [0.25, 0.3) is 0 Å². The van der Waals surface area contributed by atoms with E-state index in [1.165, 1.54) is 27.8 Å². The van der Waals surface area contributed by atoms with Gasteiger partial charge in [0.2, 0.25) is 0 Å². The van der Waals surface area contributed by atoms with Gasteiger partial charge >= 0.3 is 0 Å². The van der Waals surface area contributed by atoms with Gasteiger partial charge in [0.15, 0.2) is 0 Å². The summed E-state index contributed by atoms with van der Waals surface area (Å²) in [6.45, 7) is 7.61. The Labute approximate surface area is 182 Å². The van der Waals surface area contributed by atoms with E-state index in [1.807, 2.05) is 30.5 Å². The summed E-state index contributed by atoms with van der Waals surface area (Å²) in [6.07, 6.45) is 1.87. The fraction of sp³-hybridized carbons (Fsp3) is 0.208. The van der Waals surface area contributed by atoms with E-state index in [4.69, 9.17) is 16.3 Å². The van der Waals surface area contributed by atoms with Gasteiger partial charge in [-0.3, -0.25) is 4.98 Å². The van der Waals surface area contributed by atoms with Crippen LogP contribution in [0.1, 0.15) is 28.1 Å². The van der Waals surface area contributed by atoms with E-state index in [9.17, 15) is 0 Å². The molecule has 2 aromatic carbocycles. The number of hydrogen-bond acceptors (Lipinski definition) is 2. The first-order chi connectivity index (χ1) is 13.5. The summed E-state index contributed by atoms with van der Waals surface area (Å²) in [6, 6.07) is 18.2. The van der Waals surface area contributed by atoms with Crippen LogP contribution in [-0.4, -0.2) is 9.55 Å². The quantitative estimate of drug-likeness (QED) is 0.356. The van der Waals surface area contributed by atoms with Crippen molar-refractivity contribution < 1.29 is 4.74 Å². The predicted molar refractivity (Wildman–Crippen MR) is 123 cm³/mol. The van der Waals surface area contributed by atoms with Crippen molar-refractivity contribution in [1.29, 1.82) is 0 Å². The van der Waals surface area contributed by atoms with Crippen LogP contribution in [0.15, 0.2) is 60.8 Å². The number of aryl methyl sites for hydroxylation is 2. The average Bonchev–Trinajstić information content (AvgIpc) is 2.95. The third-order valence-corrected chi connectivity index (χ3v) is 5.52. The van der Waals surface area contributed by atoms with Gasteiger partial charge in [-0.2, -0.15) is 0 Å². The Morgan fingerprint density at radius 3 is 2.31 bits per heavy atom. The molecule has 0 aliphatic rings. The molecule has 0 saturated carbocycles. The van der Waals surface area contributed by atoms with E-state index < -0.39 is 0 Å². The van der Waals surface area contributed by atoms with Gasteiger partial charge in [-0.15, -0.1) is 12.4 Å². The smallest absolute Gasteiger partial charge is 0.132 e. The van der Waals surface area contributed by atoms with Crippen LogP contribution in [0.3, 0.4) is 0 Å². The summed E-state index contributed by atoms with van der Waals surface area (Å²) >= 11 is 6.05. The second kappa shape index (κ2) is 8.89. The fourth-order valence-electron chi connectivity index (χ4n) is 3.53. The predicted octanol–water partition coefficient (Wildman–Crippen LogP) is 6.66. The minimum absolute atomic E-state index is 0. The highest BCUT2D eigenvalue weighted by atomic mass is 35.5.